The van der Waals surface area contributed by atoms with Crippen molar-refractivity contribution in [1.29, 1.82) is 0 Å². The van der Waals surface area contributed by atoms with Gasteiger partial charge in [0.15, 0.2) is 11.5 Å². The standard InChI is InChI=1S/C17H19N3O7S/c1-11-5-7-13(9-14(11)20(21)22)28(23,24)19-18-10-12-6-8-15(25-2)17(27-4)16(12)26-3/h5-10,19H,1-4H3/b18-10+. The van der Waals surface area contributed by atoms with Crippen LogP contribution in [0.3, 0.4) is 0 Å². The van der Waals surface area contributed by atoms with Gasteiger partial charge in [-0.1, -0.05) is 6.07 Å². The molecule has 0 radical (unpaired) electrons. The normalized spacial score (nSPS) is 11.3. The fraction of sp³-hybridized carbons (Fsp3) is 0.235. The Kier molecular flexibility index (Phi) is 6.41. The second-order valence-corrected chi connectivity index (χ2v) is 7.14. The number of benzene rings is 2. The van der Waals surface area contributed by atoms with E-state index in [2.05, 4.69) is 5.10 Å². The van der Waals surface area contributed by atoms with E-state index in [0.717, 1.165) is 6.07 Å². The maximum Gasteiger partial charge on any atom is 0.276 e. The van der Waals surface area contributed by atoms with E-state index in [4.69, 9.17) is 14.2 Å². The Labute approximate surface area is 161 Å². The van der Waals surface area contributed by atoms with Crippen LogP contribution in [-0.2, 0) is 10.0 Å². The summed E-state index contributed by atoms with van der Waals surface area (Å²) in [6.45, 7) is 1.52. The van der Waals surface area contributed by atoms with Crippen LogP contribution in [0.15, 0.2) is 40.3 Å². The van der Waals surface area contributed by atoms with Gasteiger partial charge in [0.05, 0.1) is 37.4 Å². The van der Waals surface area contributed by atoms with Gasteiger partial charge in [-0.2, -0.15) is 13.5 Å². The molecule has 0 fully saturated rings. The molecule has 0 aliphatic heterocycles. The van der Waals surface area contributed by atoms with E-state index >= 15 is 0 Å². The average molecular weight is 409 g/mol. The summed E-state index contributed by atoms with van der Waals surface area (Å²) in [4.78, 5) is 12.1. The van der Waals surface area contributed by atoms with Gasteiger partial charge in [0, 0.05) is 17.2 Å². The number of rotatable bonds is 8. The smallest absolute Gasteiger partial charge is 0.276 e. The lowest BCUT2D eigenvalue weighted by Gasteiger charge is -2.13. The second-order valence-electron chi connectivity index (χ2n) is 5.48. The van der Waals surface area contributed by atoms with Crippen LogP contribution in [0.2, 0.25) is 0 Å². The van der Waals surface area contributed by atoms with Crippen LogP contribution < -0.4 is 19.0 Å². The Morgan fingerprint density at radius 3 is 2.32 bits per heavy atom. The molecule has 0 aliphatic rings. The van der Waals surface area contributed by atoms with E-state index in [1.807, 2.05) is 4.83 Å². The van der Waals surface area contributed by atoms with Crippen LogP contribution in [0, 0.1) is 17.0 Å². The molecule has 150 valence electrons. The van der Waals surface area contributed by atoms with Crippen LogP contribution in [0.25, 0.3) is 0 Å². The molecule has 2 aromatic rings. The number of ether oxygens (including phenoxy) is 3. The van der Waals surface area contributed by atoms with Gasteiger partial charge in [-0.3, -0.25) is 10.1 Å². The number of nitrogens with one attached hydrogen (secondary N) is 1. The number of methoxy groups -OCH3 is 3. The van der Waals surface area contributed by atoms with Gasteiger partial charge in [0.25, 0.3) is 15.7 Å². The molecule has 2 aromatic carbocycles. The molecule has 0 heterocycles. The van der Waals surface area contributed by atoms with Crippen molar-refractivity contribution in [2.45, 2.75) is 11.8 Å². The van der Waals surface area contributed by atoms with Crippen molar-refractivity contribution >= 4 is 21.9 Å². The van der Waals surface area contributed by atoms with Crippen LogP contribution in [0.4, 0.5) is 5.69 Å². The minimum Gasteiger partial charge on any atom is -0.493 e. The molecule has 2 rings (SSSR count). The molecule has 0 bridgehead atoms. The first-order valence-corrected chi connectivity index (χ1v) is 9.32. The Bertz CT molecular complexity index is 1020. The van der Waals surface area contributed by atoms with E-state index in [1.165, 1.54) is 46.6 Å². The molecule has 0 aliphatic carbocycles. The average Bonchev–Trinajstić information content (AvgIpc) is 2.67. The summed E-state index contributed by atoms with van der Waals surface area (Å²) in [5.74, 6) is 1.06. The van der Waals surface area contributed by atoms with E-state index < -0.39 is 14.9 Å². The number of nitrogens with zero attached hydrogens (tertiary/aromatic N) is 2. The Hall–Kier alpha value is -3.34. The van der Waals surface area contributed by atoms with Crippen molar-refractivity contribution < 1.29 is 27.6 Å². The highest BCUT2D eigenvalue weighted by Crippen LogP contribution is 2.39. The maximum absolute atomic E-state index is 12.4. The van der Waals surface area contributed by atoms with Gasteiger partial charge in [-0.05, 0) is 25.1 Å². The van der Waals surface area contributed by atoms with E-state index in [1.54, 1.807) is 12.1 Å². The fourth-order valence-electron chi connectivity index (χ4n) is 2.40. The minimum atomic E-state index is -4.10. The first-order valence-electron chi connectivity index (χ1n) is 7.84. The molecule has 1 N–H and O–H groups in total. The Morgan fingerprint density at radius 1 is 1.07 bits per heavy atom. The van der Waals surface area contributed by atoms with Crippen molar-refractivity contribution in [1.82, 2.24) is 4.83 Å². The molecule has 10 nitrogen and oxygen atoms in total. The van der Waals surface area contributed by atoms with Gasteiger partial charge < -0.3 is 14.2 Å². The van der Waals surface area contributed by atoms with E-state index in [9.17, 15) is 18.5 Å². The SMILES string of the molecule is COc1ccc(/C=N/NS(=O)(=O)c2ccc(C)c([N+](=O)[O-])c2)c(OC)c1OC. The third-order valence-electron chi connectivity index (χ3n) is 3.80. The third kappa shape index (κ3) is 4.31. The van der Waals surface area contributed by atoms with Crippen molar-refractivity contribution in [3.63, 3.8) is 0 Å². The summed E-state index contributed by atoms with van der Waals surface area (Å²) in [5.41, 5.74) is 0.480. The molecule has 0 amide bonds. The molecule has 0 aromatic heterocycles. The van der Waals surface area contributed by atoms with Crippen molar-refractivity contribution in [2.75, 3.05) is 21.3 Å². The lowest BCUT2D eigenvalue weighted by atomic mass is 10.2. The zero-order valence-corrected chi connectivity index (χ0v) is 16.4. The lowest BCUT2D eigenvalue weighted by molar-refractivity contribution is -0.385. The molecular formula is C17H19N3O7S. The quantitative estimate of drug-likeness (QED) is 0.402. The Morgan fingerprint density at radius 2 is 1.75 bits per heavy atom. The highest BCUT2D eigenvalue weighted by molar-refractivity contribution is 7.89. The minimum absolute atomic E-state index is 0.277. The van der Waals surface area contributed by atoms with E-state index in [0.29, 0.717) is 28.4 Å². The Balaban J connectivity index is 2.32. The van der Waals surface area contributed by atoms with Gasteiger partial charge in [0.2, 0.25) is 5.75 Å². The van der Waals surface area contributed by atoms with Crippen LogP contribution in [0.1, 0.15) is 11.1 Å². The highest BCUT2D eigenvalue weighted by Gasteiger charge is 2.19. The van der Waals surface area contributed by atoms with Gasteiger partial charge in [-0.25, -0.2) is 4.83 Å². The summed E-state index contributed by atoms with van der Waals surface area (Å²) < 4.78 is 40.4. The zero-order chi connectivity index (χ0) is 20.9. The zero-order valence-electron chi connectivity index (χ0n) is 15.6. The number of nitro benzene ring substituents is 1. The molecule has 0 saturated carbocycles. The number of hydrazone groups is 1. The van der Waals surface area contributed by atoms with Crippen molar-refractivity contribution in [3.8, 4) is 17.2 Å². The van der Waals surface area contributed by atoms with Gasteiger partial charge in [-0.15, -0.1) is 0 Å². The summed E-state index contributed by atoms with van der Waals surface area (Å²) in [6, 6.07) is 6.81. The number of hydrogen-bond acceptors (Lipinski definition) is 8. The molecule has 11 heteroatoms. The first kappa shape index (κ1) is 21.0. The predicted molar refractivity (Wildman–Crippen MR) is 102 cm³/mol. The lowest BCUT2D eigenvalue weighted by Crippen LogP contribution is -2.18. The van der Waals surface area contributed by atoms with Gasteiger partial charge >= 0.3 is 0 Å². The van der Waals surface area contributed by atoms with Crippen molar-refractivity contribution in [3.05, 3.63) is 51.6 Å². The maximum atomic E-state index is 12.4. The van der Waals surface area contributed by atoms with Crippen LogP contribution in [-0.4, -0.2) is 40.9 Å². The first-order chi connectivity index (χ1) is 13.2. The largest absolute Gasteiger partial charge is 0.493 e. The second kappa shape index (κ2) is 8.57. The topological polar surface area (TPSA) is 129 Å². The third-order valence-corrected chi connectivity index (χ3v) is 5.02. The predicted octanol–water partition coefficient (Wildman–Crippen LogP) is 2.24. The molecule has 0 unspecified atom stereocenters. The fourth-order valence-corrected chi connectivity index (χ4v) is 3.21. The summed E-state index contributed by atoms with van der Waals surface area (Å²) in [6.07, 6.45) is 1.22. The van der Waals surface area contributed by atoms with Crippen LogP contribution in [0.5, 0.6) is 17.2 Å². The number of nitro groups is 1. The van der Waals surface area contributed by atoms with E-state index in [-0.39, 0.29) is 10.6 Å². The van der Waals surface area contributed by atoms with Gasteiger partial charge in [0.1, 0.15) is 0 Å². The summed E-state index contributed by atoms with van der Waals surface area (Å²) in [7, 11) is 0.231. The molecule has 0 spiro atoms. The summed E-state index contributed by atoms with van der Waals surface area (Å²) in [5, 5.41) is 14.7. The monoisotopic (exact) mass is 409 g/mol. The highest BCUT2D eigenvalue weighted by atomic mass is 32.2. The number of sulfonamides is 1. The molecule has 0 atom stereocenters. The van der Waals surface area contributed by atoms with Crippen molar-refractivity contribution in [2.24, 2.45) is 5.10 Å². The van der Waals surface area contributed by atoms with Crippen LogP contribution >= 0.6 is 0 Å². The molecular weight excluding hydrogens is 390 g/mol. The molecule has 0 saturated heterocycles. The molecule has 28 heavy (non-hydrogen) atoms. The number of aryl methyl sites for hydroxylation is 1. The summed E-state index contributed by atoms with van der Waals surface area (Å²) >= 11 is 0. The number of hydrogen-bond donors (Lipinski definition) is 1.